The minimum atomic E-state index is 0.132. The van der Waals surface area contributed by atoms with Gasteiger partial charge < -0.3 is 10.2 Å². The number of amides is 1. The van der Waals surface area contributed by atoms with Crippen LogP contribution in [0.25, 0.3) is 0 Å². The van der Waals surface area contributed by atoms with E-state index in [2.05, 4.69) is 25.2 Å². The van der Waals surface area contributed by atoms with Crippen molar-refractivity contribution >= 4 is 11.6 Å². The molecule has 0 radical (unpaired) electrons. The predicted octanol–water partition coefficient (Wildman–Crippen LogP) is 3.31. The van der Waals surface area contributed by atoms with Gasteiger partial charge >= 0.3 is 0 Å². The van der Waals surface area contributed by atoms with Crippen LogP contribution >= 0.6 is 0 Å². The third-order valence-corrected chi connectivity index (χ3v) is 3.99. The fourth-order valence-corrected chi connectivity index (χ4v) is 2.69. The summed E-state index contributed by atoms with van der Waals surface area (Å²) in [5.41, 5.74) is 3.14. The van der Waals surface area contributed by atoms with Crippen LogP contribution in [-0.2, 0) is 6.42 Å². The van der Waals surface area contributed by atoms with Crippen molar-refractivity contribution < 1.29 is 4.79 Å². The Labute approximate surface area is 116 Å². The fraction of sp³-hybridized carbons (Fsp3) is 0.562. The molecule has 3 nitrogen and oxygen atoms in total. The summed E-state index contributed by atoms with van der Waals surface area (Å²) in [6.07, 6.45) is 4.36. The molecule has 2 rings (SSSR count). The summed E-state index contributed by atoms with van der Waals surface area (Å²) < 4.78 is 0. The summed E-state index contributed by atoms with van der Waals surface area (Å²) >= 11 is 0. The molecule has 104 valence electrons. The lowest BCUT2D eigenvalue weighted by atomic mass is 9.98. The second-order valence-corrected chi connectivity index (χ2v) is 5.42. The van der Waals surface area contributed by atoms with Crippen LogP contribution in [0.4, 0.5) is 5.69 Å². The first-order chi connectivity index (χ1) is 9.15. The first kappa shape index (κ1) is 13.9. The Balaban J connectivity index is 2.24. The topological polar surface area (TPSA) is 32.3 Å². The number of rotatable bonds is 4. The number of aryl methyl sites for hydroxylation is 1. The highest BCUT2D eigenvalue weighted by molar-refractivity contribution is 6.00. The van der Waals surface area contributed by atoms with E-state index in [1.165, 1.54) is 5.56 Å². The normalized spacial score (nSPS) is 15.3. The van der Waals surface area contributed by atoms with Gasteiger partial charge in [-0.25, -0.2) is 0 Å². The first-order valence-corrected chi connectivity index (χ1v) is 7.28. The van der Waals surface area contributed by atoms with Gasteiger partial charge in [0.2, 0.25) is 0 Å². The highest BCUT2D eigenvalue weighted by Gasteiger charge is 2.22. The Kier molecular flexibility index (Phi) is 4.46. The van der Waals surface area contributed by atoms with Crippen LogP contribution < -0.4 is 5.32 Å². The molecule has 1 N–H and O–H groups in total. The molecular formula is C16H24N2O. The van der Waals surface area contributed by atoms with Crippen molar-refractivity contribution in [3.8, 4) is 0 Å². The molecule has 1 atom stereocenters. The lowest BCUT2D eigenvalue weighted by Gasteiger charge is -2.27. The summed E-state index contributed by atoms with van der Waals surface area (Å²) in [4.78, 5) is 14.5. The molecule has 1 amide bonds. The van der Waals surface area contributed by atoms with Crippen LogP contribution in [0.15, 0.2) is 18.2 Å². The summed E-state index contributed by atoms with van der Waals surface area (Å²) in [5, 5.41) is 3.39. The van der Waals surface area contributed by atoms with Crippen molar-refractivity contribution in [2.75, 3.05) is 18.9 Å². The summed E-state index contributed by atoms with van der Waals surface area (Å²) in [6, 6.07) is 6.34. The van der Waals surface area contributed by atoms with E-state index in [1.807, 2.05) is 24.1 Å². The molecular weight excluding hydrogens is 236 g/mol. The number of benzene rings is 1. The Bertz CT molecular complexity index is 456. The number of hydrogen-bond acceptors (Lipinski definition) is 2. The van der Waals surface area contributed by atoms with Gasteiger partial charge in [-0.1, -0.05) is 25.5 Å². The van der Waals surface area contributed by atoms with E-state index in [0.717, 1.165) is 43.5 Å². The molecule has 0 fully saturated rings. The van der Waals surface area contributed by atoms with E-state index in [1.54, 1.807) is 0 Å². The SMILES string of the molecule is CCCC(C)N(C)C(=O)c1cccc2c1NCCC2. The standard InChI is InChI=1S/C16H24N2O/c1-4-7-12(2)18(3)16(19)14-10-5-8-13-9-6-11-17-15(13)14/h5,8,10,12,17H,4,6-7,9,11H2,1-3H3. The Hall–Kier alpha value is -1.51. The van der Waals surface area contributed by atoms with Crippen molar-refractivity contribution in [3.05, 3.63) is 29.3 Å². The number of nitrogens with zero attached hydrogens (tertiary/aromatic N) is 1. The number of para-hydroxylation sites is 1. The van der Waals surface area contributed by atoms with E-state index in [4.69, 9.17) is 0 Å². The molecule has 1 aromatic carbocycles. The van der Waals surface area contributed by atoms with E-state index < -0.39 is 0 Å². The molecule has 0 aromatic heterocycles. The van der Waals surface area contributed by atoms with Crippen LogP contribution in [0.3, 0.4) is 0 Å². The Morgan fingerprint density at radius 2 is 2.26 bits per heavy atom. The van der Waals surface area contributed by atoms with Crippen LogP contribution in [0.2, 0.25) is 0 Å². The molecule has 0 aliphatic carbocycles. The molecule has 0 saturated heterocycles. The second kappa shape index (κ2) is 6.09. The number of hydrogen-bond donors (Lipinski definition) is 1. The number of nitrogens with one attached hydrogen (secondary N) is 1. The van der Waals surface area contributed by atoms with Crippen LogP contribution in [-0.4, -0.2) is 30.4 Å². The Morgan fingerprint density at radius 3 is 3.00 bits per heavy atom. The van der Waals surface area contributed by atoms with Crippen molar-refractivity contribution in [1.29, 1.82) is 0 Å². The predicted molar refractivity (Wildman–Crippen MR) is 79.7 cm³/mol. The zero-order valence-corrected chi connectivity index (χ0v) is 12.2. The summed E-state index contributed by atoms with van der Waals surface area (Å²) in [5.74, 6) is 0.132. The maximum Gasteiger partial charge on any atom is 0.255 e. The van der Waals surface area contributed by atoms with Gasteiger partial charge in [0, 0.05) is 19.6 Å². The van der Waals surface area contributed by atoms with Gasteiger partial charge in [-0.05, 0) is 37.8 Å². The van der Waals surface area contributed by atoms with Crippen molar-refractivity contribution in [2.45, 2.75) is 45.6 Å². The average Bonchev–Trinajstić information content (AvgIpc) is 2.45. The van der Waals surface area contributed by atoms with Crippen LogP contribution in [0.5, 0.6) is 0 Å². The van der Waals surface area contributed by atoms with Crippen molar-refractivity contribution in [2.24, 2.45) is 0 Å². The molecule has 0 bridgehead atoms. The molecule has 1 heterocycles. The summed E-state index contributed by atoms with van der Waals surface area (Å²) in [7, 11) is 1.91. The minimum Gasteiger partial charge on any atom is -0.384 e. The van der Waals surface area contributed by atoms with E-state index in [9.17, 15) is 4.79 Å². The number of carbonyl (C=O) groups excluding carboxylic acids is 1. The van der Waals surface area contributed by atoms with Crippen LogP contribution in [0.1, 0.15) is 49.0 Å². The smallest absolute Gasteiger partial charge is 0.255 e. The molecule has 1 aliphatic heterocycles. The van der Waals surface area contributed by atoms with Crippen LogP contribution in [0, 0.1) is 0 Å². The molecule has 1 unspecified atom stereocenters. The van der Waals surface area contributed by atoms with Gasteiger partial charge in [0.25, 0.3) is 5.91 Å². The zero-order valence-electron chi connectivity index (χ0n) is 12.2. The van der Waals surface area contributed by atoms with E-state index in [0.29, 0.717) is 0 Å². The third-order valence-electron chi connectivity index (χ3n) is 3.99. The number of fused-ring (bicyclic) bond motifs is 1. The average molecular weight is 260 g/mol. The highest BCUT2D eigenvalue weighted by atomic mass is 16.2. The molecule has 1 aliphatic rings. The minimum absolute atomic E-state index is 0.132. The van der Waals surface area contributed by atoms with Crippen molar-refractivity contribution in [1.82, 2.24) is 4.90 Å². The number of carbonyl (C=O) groups is 1. The number of anilines is 1. The monoisotopic (exact) mass is 260 g/mol. The van der Waals surface area contributed by atoms with Gasteiger partial charge in [0.15, 0.2) is 0 Å². The van der Waals surface area contributed by atoms with Gasteiger partial charge in [-0.2, -0.15) is 0 Å². The van der Waals surface area contributed by atoms with E-state index in [-0.39, 0.29) is 11.9 Å². The molecule has 0 saturated carbocycles. The quantitative estimate of drug-likeness (QED) is 0.901. The maximum absolute atomic E-state index is 12.6. The van der Waals surface area contributed by atoms with Gasteiger partial charge in [-0.15, -0.1) is 0 Å². The van der Waals surface area contributed by atoms with Gasteiger partial charge in [0.1, 0.15) is 0 Å². The molecule has 3 heteroatoms. The Morgan fingerprint density at radius 1 is 1.47 bits per heavy atom. The molecule has 19 heavy (non-hydrogen) atoms. The highest BCUT2D eigenvalue weighted by Crippen LogP contribution is 2.27. The fourth-order valence-electron chi connectivity index (χ4n) is 2.69. The van der Waals surface area contributed by atoms with Gasteiger partial charge in [-0.3, -0.25) is 4.79 Å². The lowest BCUT2D eigenvalue weighted by molar-refractivity contribution is 0.0737. The van der Waals surface area contributed by atoms with Gasteiger partial charge in [0.05, 0.1) is 11.3 Å². The zero-order chi connectivity index (χ0) is 13.8. The third kappa shape index (κ3) is 2.91. The summed E-state index contributed by atoms with van der Waals surface area (Å²) in [6.45, 7) is 5.23. The maximum atomic E-state index is 12.6. The molecule has 1 aromatic rings. The first-order valence-electron chi connectivity index (χ1n) is 7.28. The lowest BCUT2D eigenvalue weighted by Crippen LogP contribution is -2.35. The van der Waals surface area contributed by atoms with Crippen molar-refractivity contribution in [3.63, 3.8) is 0 Å². The molecule has 0 spiro atoms. The van der Waals surface area contributed by atoms with E-state index >= 15 is 0 Å². The largest absolute Gasteiger partial charge is 0.384 e. The second-order valence-electron chi connectivity index (χ2n) is 5.42.